The van der Waals surface area contributed by atoms with Crippen molar-refractivity contribution in [1.29, 1.82) is 0 Å². The predicted molar refractivity (Wildman–Crippen MR) is 118 cm³/mol. The van der Waals surface area contributed by atoms with Crippen LogP contribution >= 0.6 is 0 Å². The minimum atomic E-state index is -3.65. The highest BCUT2D eigenvalue weighted by Crippen LogP contribution is 2.29. The molecule has 0 spiro atoms. The molecule has 1 saturated heterocycles. The molecule has 1 aromatic carbocycles. The van der Waals surface area contributed by atoms with Crippen molar-refractivity contribution in [3.8, 4) is 0 Å². The number of hydrogen-bond donors (Lipinski definition) is 0. The zero-order chi connectivity index (χ0) is 23.4. The highest BCUT2D eigenvalue weighted by molar-refractivity contribution is 7.89. The third-order valence-corrected chi connectivity index (χ3v) is 7.46. The fourth-order valence-corrected chi connectivity index (χ4v) is 5.28. The van der Waals surface area contributed by atoms with Gasteiger partial charge in [-0.2, -0.15) is 4.31 Å². The first-order chi connectivity index (χ1) is 15.9. The largest absolute Gasteiger partial charge is 0.460 e. The summed E-state index contributed by atoms with van der Waals surface area (Å²) in [6.45, 7) is 2.16. The number of fused-ring (bicyclic) bond motifs is 1. The molecular weight excluding hydrogens is 448 g/mol. The first kappa shape index (κ1) is 22.9. The number of rotatable bonds is 7. The van der Waals surface area contributed by atoms with E-state index in [9.17, 15) is 18.0 Å². The maximum atomic E-state index is 12.7. The number of carbonyl (C=O) groups is 2. The predicted octanol–water partition coefficient (Wildman–Crippen LogP) is 3.15. The Morgan fingerprint density at radius 2 is 1.88 bits per heavy atom. The van der Waals surface area contributed by atoms with E-state index in [0.29, 0.717) is 29.4 Å². The van der Waals surface area contributed by atoms with Crippen molar-refractivity contribution in [2.45, 2.75) is 31.3 Å². The molecule has 0 radical (unpaired) electrons. The molecule has 0 saturated carbocycles. The van der Waals surface area contributed by atoms with Crippen LogP contribution in [0, 0.1) is 5.92 Å². The van der Waals surface area contributed by atoms with Gasteiger partial charge in [0.25, 0.3) is 0 Å². The molecule has 1 aliphatic rings. The SMILES string of the molecule is CCOC(=O)c1oc2ccccc2c1COC(=O)C1CCN(S(=O)(=O)c2cccnc2)CC1. The lowest BCUT2D eigenvalue weighted by molar-refractivity contribution is -0.151. The third kappa shape index (κ3) is 4.76. The lowest BCUT2D eigenvalue weighted by atomic mass is 9.98. The number of carbonyl (C=O) groups excluding carboxylic acids is 2. The number of para-hydroxylation sites is 1. The van der Waals surface area contributed by atoms with Crippen LogP contribution in [-0.2, 0) is 30.9 Å². The van der Waals surface area contributed by atoms with Crippen LogP contribution in [0.2, 0.25) is 0 Å². The molecule has 174 valence electrons. The molecule has 10 heteroatoms. The van der Waals surface area contributed by atoms with E-state index in [2.05, 4.69) is 4.98 Å². The van der Waals surface area contributed by atoms with E-state index in [4.69, 9.17) is 13.9 Å². The van der Waals surface area contributed by atoms with Gasteiger partial charge in [0, 0.05) is 30.9 Å². The van der Waals surface area contributed by atoms with E-state index in [1.54, 1.807) is 37.3 Å². The lowest BCUT2D eigenvalue weighted by Crippen LogP contribution is -2.40. The van der Waals surface area contributed by atoms with Gasteiger partial charge in [-0.3, -0.25) is 9.78 Å². The Bertz CT molecular complexity index is 1250. The van der Waals surface area contributed by atoms with Crippen LogP contribution in [-0.4, -0.2) is 49.3 Å². The molecule has 1 fully saturated rings. The molecular formula is C23H24N2O7S. The van der Waals surface area contributed by atoms with Gasteiger partial charge in [-0.25, -0.2) is 13.2 Å². The molecule has 3 heterocycles. The van der Waals surface area contributed by atoms with Gasteiger partial charge in [0.15, 0.2) is 0 Å². The molecule has 0 aliphatic carbocycles. The fourth-order valence-electron chi connectivity index (χ4n) is 3.85. The Kier molecular flexibility index (Phi) is 6.75. The van der Waals surface area contributed by atoms with E-state index in [0.717, 1.165) is 0 Å². The summed E-state index contributed by atoms with van der Waals surface area (Å²) in [7, 11) is -3.65. The average molecular weight is 473 g/mol. The van der Waals surface area contributed by atoms with Crippen LogP contribution in [0.3, 0.4) is 0 Å². The summed E-state index contributed by atoms with van der Waals surface area (Å²) in [5.74, 6) is -1.47. The van der Waals surface area contributed by atoms with Gasteiger partial charge in [-0.1, -0.05) is 18.2 Å². The second-order valence-electron chi connectivity index (χ2n) is 7.60. The van der Waals surface area contributed by atoms with Gasteiger partial charge < -0.3 is 13.9 Å². The second-order valence-corrected chi connectivity index (χ2v) is 9.54. The maximum absolute atomic E-state index is 12.7. The number of nitrogens with zero attached hydrogens (tertiary/aromatic N) is 2. The van der Waals surface area contributed by atoms with Crippen molar-refractivity contribution in [3.63, 3.8) is 0 Å². The maximum Gasteiger partial charge on any atom is 0.374 e. The summed E-state index contributed by atoms with van der Waals surface area (Å²) >= 11 is 0. The minimum absolute atomic E-state index is 0.0169. The smallest absolute Gasteiger partial charge is 0.374 e. The molecule has 0 bridgehead atoms. The van der Waals surface area contributed by atoms with Crippen LogP contribution in [0.5, 0.6) is 0 Å². The number of hydrogen-bond acceptors (Lipinski definition) is 8. The van der Waals surface area contributed by atoms with Gasteiger partial charge in [0.2, 0.25) is 15.8 Å². The van der Waals surface area contributed by atoms with E-state index in [1.165, 1.54) is 22.8 Å². The number of furan rings is 1. The number of piperidine rings is 1. The standard InChI is InChI=1S/C23H24N2O7S/c1-2-30-23(27)21-19(18-7-3-4-8-20(18)32-21)15-31-22(26)16-9-12-25(13-10-16)33(28,29)17-6-5-11-24-14-17/h3-8,11,14,16H,2,9-10,12-13,15H2,1H3. The van der Waals surface area contributed by atoms with Crippen LogP contribution in [0.4, 0.5) is 0 Å². The molecule has 0 atom stereocenters. The Hall–Kier alpha value is -3.24. The lowest BCUT2D eigenvalue weighted by Gasteiger charge is -2.30. The number of benzene rings is 1. The molecule has 0 N–H and O–H groups in total. The number of pyridine rings is 1. The molecule has 3 aromatic rings. The summed E-state index contributed by atoms with van der Waals surface area (Å²) < 4.78 is 43.1. The highest BCUT2D eigenvalue weighted by atomic mass is 32.2. The summed E-state index contributed by atoms with van der Waals surface area (Å²) in [5, 5.41) is 0.672. The Morgan fingerprint density at radius 3 is 2.58 bits per heavy atom. The quantitative estimate of drug-likeness (QED) is 0.482. The Morgan fingerprint density at radius 1 is 1.12 bits per heavy atom. The van der Waals surface area contributed by atoms with Crippen molar-refractivity contribution >= 4 is 32.9 Å². The topological polar surface area (TPSA) is 116 Å². The molecule has 4 rings (SSSR count). The van der Waals surface area contributed by atoms with Crippen LogP contribution in [0.1, 0.15) is 35.9 Å². The van der Waals surface area contributed by atoms with Crippen molar-refractivity contribution in [1.82, 2.24) is 9.29 Å². The monoisotopic (exact) mass is 472 g/mol. The molecule has 1 aliphatic heterocycles. The first-order valence-electron chi connectivity index (χ1n) is 10.7. The molecule has 2 aromatic heterocycles. The summed E-state index contributed by atoms with van der Waals surface area (Å²) in [4.78, 5) is 29.0. The van der Waals surface area contributed by atoms with Crippen molar-refractivity contribution in [2.75, 3.05) is 19.7 Å². The molecule has 9 nitrogen and oxygen atoms in total. The number of ether oxygens (including phenoxy) is 2. The summed E-state index contributed by atoms with van der Waals surface area (Å²) in [6, 6.07) is 10.2. The van der Waals surface area contributed by atoms with E-state index in [-0.39, 0.29) is 37.0 Å². The van der Waals surface area contributed by atoms with Crippen molar-refractivity contribution < 1.29 is 31.9 Å². The van der Waals surface area contributed by atoms with E-state index >= 15 is 0 Å². The van der Waals surface area contributed by atoms with Gasteiger partial charge >= 0.3 is 11.9 Å². The van der Waals surface area contributed by atoms with Gasteiger partial charge in [0.1, 0.15) is 17.1 Å². The molecule has 0 amide bonds. The molecule has 0 unspecified atom stereocenters. The normalized spacial score (nSPS) is 15.4. The van der Waals surface area contributed by atoms with Gasteiger partial charge in [-0.15, -0.1) is 0 Å². The molecule has 33 heavy (non-hydrogen) atoms. The van der Waals surface area contributed by atoms with Crippen LogP contribution < -0.4 is 0 Å². The minimum Gasteiger partial charge on any atom is -0.460 e. The van der Waals surface area contributed by atoms with Crippen molar-refractivity contribution in [3.05, 3.63) is 60.1 Å². The number of sulfonamides is 1. The summed E-state index contributed by atoms with van der Waals surface area (Å²) in [6.07, 6.45) is 3.51. The van der Waals surface area contributed by atoms with E-state index in [1.807, 2.05) is 0 Å². The number of esters is 2. The first-order valence-corrected chi connectivity index (χ1v) is 12.1. The highest BCUT2D eigenvalue weighted by Gasteiger charge is 2.33. The zero-order valence-electron chi connectivity index (χ0n) is 18.1. The Labute approximate surface area is 191 Å². The third-order valence-electron chi connectivity index (χ3n) is 5.58. The van der Waals surface area contributed by atoms with Crippen LogP contribution in [0.25, 0.3) is 11.0 Å². The Balaban J connectivity index is 1.41. The zero-order valence-corrected chi connectivity index (χ0v) is 18.9. The second kappa shape index (κ2) is 9.72. The van der Waals surface area contributed by atoms with Gasteiger partial charge in [-0.05, 0) is 38.0 Å². The van der Waals surface area contributed by atoms with Crippen molar-refractivity contribution in [2.24, 2.45) is 5.92 Å². The van der Waals surface area contributed by atoms with Gasteiger partial charge in [0.05, 0.1) is 18.1 Å². The fraction of sp³-hybridized carbons (Fsp3) is 0.348. The summed E-state index contributed by atoms with van der Waals surface area (Å²) in [5.41, 5.74) is 0.953. The van der Waals surface area contributed by atoms with E-state index < -0.39 is 27.9 Å². The van der Waals surface area contributed by atoms with Crippen LogP contribution in [0.15, 0.2) is 58.1 Å². The number of aromatic nitrogens is 1. The average Bonchev–Trinajstić information content (AvgIpc) is 3.22.